The number of nitrogens with two attached hydrogens (primary N) is 1. The summed E-state index contributed by atoms with van der Waals surface area (Å²) in [6.07, 6.45) is 0. The molecule has 0 spiro atoms. The Bertz CT molecular complexity index is 437. The van der Waals surface area contributed by atoms with Gasteiger partial charge in [-0.1, -0.05) is 6.07 Å². The van der Waals surface area contributed by atoms with Gasteiger partial charge in [-0.15, -0.1) is 11.3 Å². The monoisotopic (exact) mass is 291 g/mol. The quantitative estimate of drug-likeness (QED) is 0.716. The number of hydrogen-bond acceptors (Lipinski definition) is 4. The highest BCUT2D eigenvalue weighted by atomic mass is 32.1. The number of halogens is 2. The van der Waals surface area contributed by atoms with Crippen molar-refractivity contribution < 1.29 is 18.4 Å². The molecule has 0 bridgehead atoms. The highest BCUT2D eigenvalue weighted by Crippen LogP contribution is 2.09. The van der Waals surface area contributed by atoms with Gasteiger partial charge in [0.2, 0.25) is 5.91 Å². The zero-order valence-corrected chi connectivity index (χ0v) is 11.1. The first-order valence-electron chi connectivity index (χ1n) is 5.55. The summed E-state index contributed by atoms with van der Waals surface area (Å²) in [4.78, 5) is 23.6. The van der Waals surface area contributed by atoms with Gasteiger partial charge in [-0.25, -0.2) is 8.78 Å². The smallest absolute Gasteiger partial charge is 0.277 e. The molecule has 0 aliphatic rings. The van der Waals surface area contributed by atoms with Crippen LogP contribution < -0.4 is 16.4 Å². The van der Waals surface area contributed by atoms with Crippen LogP contribution in [0.5, 0.6) is 0 Å². The minimum absolute atomic E-state index is 0.414. The maximum Gasteiger partial charge on any atom is 0.277 e. The lowest BCUT2D eigenvalue weighted by Gasteiger charge is -2.17. The molecule has 0 aliphatic carbocycles. The van der Waals surface area contributed by atoms with Crippen molar-refractivity contribution in [1.29, 1.82) is 0 Å². The summed E-state index contributed by atoms with van der Waals surface area (Å²) in [5.74, 6) is -4.24. The molecule has 0 aromatic carbocycles. The molecule has 106 valence electrons. The van der Waals surface area contributed by atoms with Gasteiger partial charge in [-0.2, -0.15) is 0 Å². The molecule has 4 N–H and O–H groups in total. The molecule has 1 rings (SSSR count). The minimum Gasteiger partial charge on any atom is -0.348 e. The number of thiophene rings is 1. The predicted octanol–water partition coefficient (Wildman–Crippen LogP) is 0.577. The van der Waals surface area contributed by atoms with Gasteiger partial charge in [0.05, 0.1) is 18.0 Å². The highest BCUT2D eigenvalue weighted by Gasteiger charge is 2.28. The Labute approximate surface area is 113 Å². The van der Waals surface area contributed by atoms with E-state index in [1.54, 1.807) is 17.5 Å². The first-order valence-corrected chi connectivity index (χ1v) is 6.43. The van der Waals surface area contributed by atoms with E-state index < -0.39 is 36.9 Å². The second-order valence-electron chi connectivity index (χ2n) is 3.95. The molecule has 19 heavy (non-hydrogen) atoms. The van der Waals surface area contributed by atoms with Crippen molar-refractivity contribution in [3.63, 3.8) is 0 Å². The van der Waals surface area contributed by atoms with Gasteiger partial charge >= 0.3 is 0 Å². The highest BCUT2D eigenvalue weighted by molar-refractivity contribution is 7.12. The fourth-order valence-electron chi connectivity index (χ4n) is 1.18. The molecule has 2 amide bonds. The van der Waals surface area contributed by atoms with Crippen molar-refractivity contribution in [3.05, 3.63) is 22.4 Å². The standard InChI is InChI=1S/C11H15F2N3O2S/c1-7(9(17)15-6-11(12,13)5-14)16-10(18)8-3-2-4-19-8/h2-4,7H,5-6,14H2,1H3,(H,15,17)(H,16,18). The minimum atomic E-state index is -3.15. The van der Waals surface area contributed by atoms with E-state index in [-0.39, 0.29) is 0 Å². The van der Waals surface area contributed by atoms with Crippen LogP contribution in [-0.2, 0) is 4.79 Å². The second-order valence-corrected chi connectivity index (χ2v) is 4.90. The Hall–Kier alpha value is -1.54. The molecule has 0 radical (unpaired) electrons. The maximum absolute atomic E-state index is 12.8. The van der Waals surface area contributed by atoms with Crippen molar-refractivity contribution in [2.75, 3.05) is 13.1 Å². The van der Waals surface area contributed by atoms with Gasteiger partial charge < -0.3 is 16.4 Å². The van der Waals surface area contributed by atoms with Gasteiger partial charge in [-0.3, -0.25) is 9.59 Å². The number of rotatable bonds is 6. The van der Waals surface area contributed by atoms with Crippen LogP contribution in [-0.4, -0.2) is 36.9 Å². The summed E-state index contributed by atoms with van der Waals surface area (Å²) < 4.78 is 25.7. The van der Waals surface area contributed by atoms with Gasteiger partial charge in [0.25, 0.3) is 11.8 Å². The molecule has 1 atom stereocenters. The summed E-state index contributed by atoms with van der Waals surface area (Å²) in [7, 11) is 0. The van der Waals surface area contributed by atoms with Gasteiger partial charge in [-0.05, 0) is 18.4 Å². The molecule has 1 unspecified atom stereocenters. The summed E-state index contributed by atoms with van der Waals surface area (Å²) in [5, 5.41) is 6.19. The van der Waals surface area contributed by atoms with E-state index in [2.05, 4.69) is 5.32 Å². The van der Waals surface area contributed by atoms with Crippen LogP contribution in [0.15, 0.2) is 17.5 Å². The molecule has 1 heterocycles. The van der Waals surface area contributed by atoms with Crippen LogP contribution in [0.25, 0.3) is 0 Å². The van der Waals surface area contributed by atoms with Crippen molar-refractivity contribution in [1.82, 2.24) is 10.6 Å². The molecule has 0 saturated heterocycles. The predicted molar refractivity (Wildman–Crippen MR) is 68.3 cm³/mol. The van der Waals surface area contributed by atoms with Crippen molar-refractivity contribution in [2.24, 2.45) is 5.73 Å². The molecule has 1 aromatic rings. The van der Waals surface area contributed by atoms with E-state index >= 15 is 0 Å². The average molecular weight is 291 g/mol. The molecule has 1 aromatic heterocycles. The fourth-order valence-corrected chi connectivity index (χ4v) is 1.81. The lowest BCUT2D eigenvalue weighted by molar-refractivity contribution is -0.124. The molecule has 5 nitrogen and oxygen atoms in total. The number of alkyl halides is 2. The van der Waals surface area contributed by atoms with E-state index in [0.29, 0.717) is 4.88 Å². The lowest BCUT2D eigenvalue weighted by Crippen LogP contribution is -2.49. The van der Waals surface area contributed by atoms with E-state index in [0.717, 1.165) is 0 Å². The van der Waals surface area contributed by atoms with Gasteiger partial charge in [0.15, 0.2) is 0 Å². The normalized spacial score (nSPS) is 12.8. The number of carbonyl (C=O) groups excluding carboxylic acids is 2. The largest absolute Gasteiger partial charge is 0.348 e. The Morgan fingerprint density at radius 2 is 2.21 bits per heavy atom. The van der Waals surface area contributed by atoms with Crippen LogP contribution >= 0.6 is 11.3 Å². The second kappa shape index (κ2) is 6.58. The molecule has 8 heteroatoms. The maximum atomic E-state index is 12.8. The van der Waals surface area contributed by atoms with E-state index in [1.807, 2.05) is 5.32 Å². The van der Waals surface area contributed by atoms with Gasteiger partial charge in [0.1, 0.15) is 6.04 Å². The van der Waals surface area contributed by atoms with Crippen LogP contribution in [0.3, 0.4) is 0 Å². The van der Waals surface area contributed by atoms with Crippen molar-refractivity contribution >= 4 is 23.2 Å². The summed E-state index contributed by atoms with van der Waals surface area (Å²) >= 11 is 1.23. The average Bonchev–Trinajstić information content (AvgIpc) is 2.89. The lowest BCUT2D eigenvalue weighted by atomic mass is 10.2. The third-order valence-electron chi connectivity index (χ3n) is 2.31. The fraction of sp³-hybridized carbons (Fsp3) is 0.455. The molecule has 0 aliphatic heterocycles. The molecule has 0 fully saturated rings. The van der Waals surface area contributed by atoms with Crippen LogP contribution in [0.1, 0.15) is 16.6 Å². The van der Waals surface area contributed by atoms with Gasteiger partial charge in [0, 0.05) is 0 Å². The molecule has 0 saturated carbocycles. The molecular weight excluding hydrogens is 276 g/mol. The first-order chi connectivity index (χ1) is 8.85. The summed E-state index contributed by atoms with van der Waals surface area (Å²) in [6.45, 7) is -0.272. The number of hydrogen-bond donors (Lipinski definition) is 3. The number of amides is 2. The topological polar surface area (TPSA) is 84.2 Å². The van der Waals surface area contributed by atoms with Crippen LogP contribution in [0.2, 0.25) is 0 Å². The van der Waals surface area contributed by atoms with Crippen molar-refractivity contribution in [2.45, 2.75) is 18.9 Å². The van der Waals surface area contributed by atoms with Crippen LogP contribution in [0.4, 0.5) is 8.78 Å². The Kier molecular flexibility index (Phi) is 5.37. The third kappa shape index (κ3) is 4.92. The summed E-state index contributed by atoms with van der Waals surface area (Å²) in [6, 6.07) is 2.41. The van der Waals surface area contributed by atoms with E-state index in [4.69, 9.17) is 5.73 Å². The van der Waals surface area contributed by atoms with E-state index in [1.165, 1.54) is 18.3 Å². The summed E-state index contributed by atoms with van der Waals surface area (Å²) in [5.41, 5.74) is 4.84. The van der Waals surface area contributed by atoms with Crippen molar-refractivity contribution in [3.8, 4) is 0 Å². The molecular formula is C11H15F2N3O2S. The first kappa shape index (κ1) is 15.5. The Morgan fingerprint density at radius 1 is 1.53 bits per heavy atom. The third-order valence-corrected chi connectivity index (χ3v) is 3.17. The van der Waals surface area contributed by atoms with Crippen LogP contribution in [0, 0.1) is 0 Å². The Balaban J connectivity index is 2.43. The number of carbonyl (C=O) groups is 2. The SMILES string of the molecule is CC(NC(=O)c1cccs1)C(=O)NCC(F)(F)CN. The number of nitrogens with one attached hydrogen (secondary N) is 2. The van der Waals surface area contributed by atoms with E-state index in [9.17, 15) is 18.4 Å². The zero-order chi connectivity index (χ0) is 14.5. The zero-order valence-electron chi connectivity index (χ0n) is 10.3. The Morgan fingerprint density at radius 3 is 2.74 bits per heavy atom.